The molecule has 0 atom stereocenters. The van der Waals surface area contributed by atoms with E-state index >= 15 is 0 Å². The highest BCUT2D eigenvalue weighted by Gasteiger charge is 2.21. The van der Waals surface area contributed by atoms with Gasteiger partial charge in [0, 0.05) is 37.4 Å². The molecule has 8 heteroatoms. The van der Waals surface area contributed by atoms with Crippen LogP contribution in [-0.4, -0.2) is 66.8 Å². The van der Waals surface area contributed by atoms with Gasteiger partial charge < -0.3 is 5.32 Å². The Balaban J connectivity index is 1.37. The molecule has 3 rings (SSSR count). The van der Waals surface area contributed by atoms with Gasteiger partial charge in [-0.2, -0.15) is 0 Å². The van der Waals surface area contributed by atoms with Crippen LogP contribution in [0.15, 0.2) is 42.5 Å². The topological polar surface area (TPSA) is 93.8 Å². The first-order chi connectivity index (χ1) is 15.3. The van der Waals surface area contributed by atoms with E-state index < -0.39 is 0 Å². The Morgan fingerprint density at radius 1 is 0.812 bits per heavy atom. The van der Waals surface area contributed by atoms with Crippen molar-refractivity contribution in [3.8, 4) is 0 Å². The number of hydrazine groups is 1. The molecule has 170 valence electrons. The van der Waals surface area contributed by atoms with Crippen LogP contribution in [0.4, 0.5) is 5.69 Å². The van der Waals surface area contributed by atoms with Crippen LogP contribution in [0, 0.1) is 20.8 Å². The van der Waals surface area contributed by atoms with Crippen molar-refractivity contribution in [2.75, 3.05) is 44.6 Å². The zero-order chi connectivity index (χ0) is 23.1. The van der Waals surface area contributed by atoms with Crippen LogP contribution in [0.2, 0.25) is 0 Å². The van der Waals surface area contributed by atoms with Crippen molar-refractivity contribution < 1.29 is 14.4 Å². The van der Waals surface area contributed by atoms with Gasteiger partial charge in [-0.15, -0.1) is 0 Å². The first kappa shape index (κ1) is 23.4. The average Bonchev–Trinajstić information content (AvgIpc) is 2.76. The molecule has 0 unspecified atom stereocenters. The third-order valence-electron chi connectivity index (χ3n) is 5.67. The monoisotopic (exact) mass is 437 g/mol. The van der Waals surface area contributed by atoms with E-state index in [0.717, 1.165) is 22.4 Å². The summed E-state index contributed by atoms with van der Waals surface area (Å²) in [6.07, 6.45) is 0. The summed E-state index contributed by atoms with van der Waals surface area (Å²) in [5.74, 6) is -0.655. The number of aryl methyl sites for hydroxylation is 2. The van der Waals surface area contributed by atoms with E-state index in [9.17, 15) is 14.4 Å². The summed E-state index contributed by atoms with van der Waals surface area (Å²) < 4.78 is 0. The van der Waals surface area contributed by atoms with Crippen LogP contribution in [0.1, 0.15) is 27.0 Å². The molecule has 3 N–H and O–H groups in total. The van der Waals surface area contributed by atoms with Crippen molar-refractivity contribution in [1.29, 1.82) is 0 Å². The van der Waals surface area contributed by atoms with Gasteiger partial charge in [-0.25, -0.2) is 0 Å². The smallest absolute Gasteiger partial charge is 0.269 e. The van der Waals surface area contributed by atoms with Crippen LogP contribution in [0.5, 0.6) is 0 Å². The van der Waals surface area contributed by atoms with Crippen molar-refractivity contribution in [2.45, 2.75) is 20.8 Å². The molecule has 0 bridgehead atoms. The molecular formula is C24H31N5O3. The van der Waals surface area contributed by atoms with Crippen LogP contribution in [0.25, 0.3) is 0 Å². The Labute approximate surface area is 188 Å². The number of nitrogens with zero attached hydrogens (tertiary/aromatic N) is 2. The fraction of sp³-hybridized carbons (Fsp3) is 0.375. The molecule has 32 heavy (non-hydrogen) atoms. The number of piperazine rings is 1. The molecule has 1 heterocycles. The Morgan fingerprint density at radius 2 is 1.44 bits per heavy atom. The summed E-state index contributed by atoms with van der Waals surface area (Å²) in [6.45, 7) is 9.18. The van der Waals surface area contributed by atoms with Crippen molar-refractivity contribution in [3.05, 3.63) is 64.7 Å². The van der Waals surface area contributed by atoms with Crippen molar-refractivity contribution in [1.82, 2.24) is 20.7 Å². The molecule has 0 radical (unpaired) electrons. The molecule has 2 aromatic rings. The maximum Gasteiger partial charge on any atom is 0.269 e. The van der Waals surface area contributed by atoms with Crippen molar-refractivity contribution in [2.24, 2.45) is 0 Å². The van der Waals surface area contributed by atoms with Gasteiger partial charge in [0.25, 0.3) is 11.8 Å². The maximum atomic E-state index is 12.4. The fourth-order valence-corrected chi connectivity index (χ4v) is 3.61. The molecule has 1 saturated heterocycles. The zero-order valence-corrected chi connectivity index (χ0v) is 18.9. The lowest BCUT2D eigenvalue weighted by molar-refractivity contribution is -0.124. The van der Waals surface area contributed by atoms with E-state index in [-0.39, 0.29) is 24.3 Å². The van der Waals surface area contributed by atoms with E-state index in [4.69, 9.17) is 0 Å². The summed E-state index contributed by atoms with van der Waals surface area (Å²) in [5, 5.41) is 2.99. The number of benzene rings is 2. The average molecular weight is 438 g/mol. The highest BCUT2D eigenvalue weighted by Crippen LogP contribution is 2.18. The largest absolute Gasteiger partial charge is 0.325 e. The van der Waals surface area contributed by atoms with Crippen LogP contribution in [0.3, 0.4) is 0 Å². The molecule has 8 nitrogen and oxygen atoms in total. The van der Waals surface area contributed by atoms with E-state index in [1.807, 2.05) is 49.9 Å². The zero-order valence-electron chi connectivity index (χ0n) is 18.9. The second kappa shape index (κ2) is 10.9. The normalized spacial score (nSPS) is 14.6. The summed E-state index contributed by atoms with van der Waals surface area (Å²) in [4.78, 5) is 40.8. The van der Waals surface area contributed by atoms with E-state index in [1.165, 1.54) is 0 Å². The molecule has 1 aliphatic heterocycles. The predicted molar refractivity (Wildman–Crippen MR) is 124 cm³/mol. The SMILES string of the molecule is Cc1cccc(C(=O)NNC(=O)CN2CCN(CC(=O)Nc3cccc(C)c3C)CC2)c1. The molecule has 0 aromatic heterocycles. The number of amides is 3. The van der Waals surface area contributed by atoms with E-state index in [0.29, 0.717) is 38.3 Å². The quantitative estimate of drug-likeness (QED) is 0.598. The highest BCUT2D eigenvalue weighted by atomic mass is 16.2. The first-order valence-electron chi connectivity index (χ1n) is 10.8. The second-order valence-electron chi connectivity index (χ2n) is 8.22. The fourth-order valence-electron chi connectivity index (χ4n) is 3.61. The van der Waals surface area contributed by atoms with Crippen molar-refractivity contribution >= 4 is 23.4 Å². The lowest BCUT2D eigenvalue weighted by Crippen LogP contribution is -2.52. The van der Waals surface area contributed by atoms with Gasteiger partial charge in [-0.05, 0) is 50.1 Å². The molecule has 0 saturated carbocycles. The third kappa shape index (κ3) is 6.63. The van der Waals surface area contributed by atoms with Crippen LogP contribution >= 0.6 is 0 Å². The third-order valence-corrected chi connectivity index (χ3v) is 5.67. The summed E-state index contributed by atoms with van der Waals surface area (Å²) in [6, 6.07) is 13.0. The van der Waals surface area contributed by atoms with Gasteiger partial charge in [-0.3, -0.25) is 35.0 Å². The summed E-state index contributed by atoms with van der Waals surface area (Å²) in [7, 11) is 0. The number of nitrogens with one attached hydrogen (secondary N) is 3. The standard InChI is InChI=1S/C24H31N5O3/c1-17-6-4-8-20(14-17)24(32)27-26-23(31)16-29-12-10-28(11-13-29)15-22(30)25-21-9-5-7-18(2)19(21)3/h4-9,14H,10-13,15-16H2,1-3H3,(H,25,30)(H,26,31)(H,27,32). The summed E-state index contributed by atoms with van der Waals surface area (Å²) >= 11 is 0. The molecule has 0 spiro atoms. The number of carbonyl (C=O) groups excluding carboxylic acids is 3. The molecular weight excluding hydrogens is 406 g/mol. The number of hydrogen-bond donors (Lipinski definition) is 3. The number of anilines is 1. The Kier molecular flexibility index (Phi) is 7.97. The molecule has 0 aliphatic carbocycles. The van der Waals surface area contributed by atoms with E-state index in [2.05, 4.69) is 21.1 Å². The Hall–Kier alpha value is -3.23. The van der Waals surface area contributed by atoms with Gasteiger partial charge >= 0.3 is 0 Å². The van der Waals surface area contributed by atoms with Gasteiger partial charge in [0.05, 0.1) is 13.1 Å². The lowest BCUT2D eigenvalue weighted by atomic mass is 10.1. The van der Waals surface area contributed by atoms with Gasteiger partial charge in [0.15, 0.2) is 0 Å². The minimum atomic E-state index is -0.346. The lowest BCUT2D eigenvalue weighted by Gasteiger charge is -2.33. The number of carbonyl (C=O) groups is 3. The maximum absolute atomic E-state index is 12.4. The van der Waals surface area contributed by atoms with Gasteiger partial charge in [0.1, 0.15) is 0 Å². The van der Waals surface area contributed by atoms with E-state index in [1.54, 1.807) is 18.2 Å². The highest BCUT2D eigenvalue weighted by molar-refractivity contribution is 5.95. The van der Waals surface area contributed by atoms with Crippen LogP contribution in [-0.2, 0) is 9.59 Å². The Morgan fingerprint density at radius 3 is 2.09 bits per heavy atom. The van der Waals surface area contributed by atoms with Crippen molar-refractivity contribution in [3.63, 3.8) is 0 Å². The number of rotatable bonds is 6. The molecule has 1 aliphatic rings. The molecule has 2 aromatic carbocycles. The van der Waals surface area contributed by atoms with Gasteiger partial charge in [-0.1, -0.05) is 29.8 Å². The molecule has 3 amide bonds. The Bertz CT molecular complexity index is 983. The van der Waals surface area contributed by atoms with Gasteiger partial charge in [0.2, 0.25) is 5.91 Å². The minimum absolute atomic E-state index is 0.0382. The second-order valence-corrected chi connectivity index (χ2v) is 8.22. The van der Waals surface area contributed by atoms with Crippen LogP contribution < -0.4 is 16.2 Å². The predicted octanol–water partition coefficient (Wildman–Crippen LogP) is 1.63. The number of hydrogen-bond acceptors (Lipinski definition) is 5. The molecule has 1 fully saturated rings. The minimum Gasteiger partial charge on any atom is -0.325 e. The summed E-state index contributed by atoms with van der Waals surface area (Å²) in [5.41, 5.74) is 9.46. The first-order valence-corrected chi connectivity index (χ1v) is 10.8.